The molecule has 0 fully saturated rings. The highest BCUT2D eigenvalue weighted by Gasteiger charge is 2.36. The van der Waals surface area contributed by atoms with Crippen LogP contribution >= 0.6 is 0 Å². The van der Waals surface area contributed by atoms with Gasteiger partial charge >= 0.3 is 6.18 Å². The lowest BCUT2D eigenvalue weighted by molar-refractivity contribution is -0.144. The first-order chi connectivity index (χ1) is 12.2. The number of H-pyrrole nitrogens is 1. The highest BCUT2D eigenvalue weighted by molar-refractivity contribution is 5.99. The van der Waals surface area contributed by atoms with Crippen molar-refractivity contribution in [2.45, 2.75) is 19.1 Å². The quantitative estimate of drug-likeness (QED) is 0.476. The molecule has 2 heterocycles. The Labute approximate surface area is 147 Å². The number of hydrogen-bond donors (Lipinski definition) is 5. The second kappa shape index (κ2) is 6.75. The van der Waals surface area contributed by atoms with Gasteiger partial charge in [-0.15, -0.1) is 0 Å². The maximum Gasteiger partial charge on any atom is 0.405 e. The van der Waals surface area contributed by atoms with E-state index in [1.165, 1.54) is 6.07 Å². The van der Waals surface area contributed by atoms with E-state index in [2.05, 4.69) is 20.6 Å². The van der Waals surface area contributed by atoms with Crippen molar-refractivity contribution in [3.05, 3.63) is 42.1 Å². The summed E-state index contributed by atoms with van der Waals surface area (Å²) in [5, 5.41) is 16.7. The molecule has 1 atom stereocenters. The Kier molecular flexibility index (Phi) is 4.64. The van der Waals surface area contributed by atoms with Gasteiger partial charge in [-0.2, -0.15) is 13.2 Å². The third kappa shape index (κ3) is 3.83. The standard InChI is InChI=1S/C17H18F3N5O/c1-9-3-2-4-11(5-9)24-15-14-10(7-23-16(14)26)6-13(25-15)22-8-12(21)17(18,19)20/h2-7,12,22-23,26H,8,21H2,1H3,(H,24,25). The molecule has 0 aliphatic carbocycles. The Morgan fingerprint density at radius 1 is 1.31 bits per heavy atom. The highest BCUT2D eigenvalue weighted by Crippen LogP contribution is 2.33. The van der Waals surface area contributed by atoms with E-state index in [1.54, 1.807) is 6.20 Å². The molecule has 26 heavy (non-hydrogen) atoms. The van der Waals surface area contributed by atoms with Gasteiger partial charge in [0.1, 0.15) is 17.7 Å². The summed E-state index contributed by atoms with van der Waals surface area (Å²) in [7, 11) is 0. The van der Waals surface area contributed by atoms with Crippen molar-refractivity contribution in [3.63, 3.8) is 0 Å². The number of aromatic amines is 1. The maximum atomic E-state index is 12.6. The highest BCUT2D eigenvalue weighted by atomic mass is 19.4. The predicted octanol–water partition coefficient (Wildman–Crippen LogP) is 3.62. The zero-order valence-electron chi connectivity index (χ0n) is 13.9. The Hall–Kier alpha value is -2.94. The van der Waals surface area contributed by atoms with Crippen molar-refractivity contribution in [2.24, 2.45) is 5.73 Å². The largest absolute Gasteiger partial charge is 0.494 e. The van der Waals surface area contributed by atoms with E-state index < -0.39 is 18.8 Å². The molecule has 2 aromatic heterocycles. The molecule has 9 heteroatoms. The minimum absolute atomic E-state index is 0.0822. The number of rotatable bonds is 5. The van der Waals surface area contributed by atoms with E-state index in [0.717, 1.165) is 11.3 Å². The van der Waals surface area contributed by atoms with Crippen molar-refractivity contribution in [1.82, 2.24) is 9.97 Å². The maximum absolute atomic E-state index is 12.6. The summed E-state index contributed by atoms with van der Waals surface area (Å²) in [6.45, 7) is 1.42. The number of hydrogen-bond acceptors (Lipinski definition) is 5. The molecule has 0 saturated carbocycles. The number of fused-ring (bicyclic) bond motifs is 1. The van der Waals surface area contributed by atoms with Crippen LogP contribution in [0.1, 0.15) is 5.56 Å². The average molecular weight is 365 g/mol. The lowest BCUT2D eigenvalue weighted by Crippen LogP contribution is -2.42. The molecule has 1 unspecified atom stereocenters. The van der Waals surface area contributed by atoms with Gasteiger partial charge in [0.25, 0.3) is 0 Å². The van der Waals surface area contributed by atoms with Crippen LogP contribution in [0.4, 0.5) is 30.5 Å². The Morgan fingerprint density at radius 3 is 2.77 bits per heavy atom. The van der Waals surface area contributed by atoms with Crippen molar-refractivity contribution < 1.29 is 18.3 Å². The fourth-order valence-corrected chi connectivity index (χ4v) is 2.52. The molecule has 1 aromatic carbocycles. The summed E-state index contributed by atoms with van der Waals surface area (Å²) >= 11 is 0. The topological polar surface area (TPSA) is 99.0 Å². The molecule has 0 spiro atoms. The minimum atomic E-state index is -4.49. The van der Waals surface area contributed by atoms with E-state index in [-0.39, 0.29) is 11.7 Å². The van der Waals surface area contributed by atoms with Crippen molar-refractivity contribution in [1.29, 1.82) is 0 Å². The van der Waals surface area contributed by atoms with Crippen LogP contribution in [0.5, 0.6) is 5.88 Å². The summed E-state index contributed by atoms with van der Waals surface area (Å²) in [5.74, 6) is 0.447. The number of aromatic nitrogens is 2. The zero-order chi connectivity index (χ0) is 18.9. The van der Waals surface area contributed by atoms with Gasteiger partial charge in [-0.3, -0.25) is 0 Å². The number of halogens is 3. The molecule has 0 bridgehead atoms. The number of alkyl halides is 3. The lowest BCUT2D eigenvalue weighted by atomic mass is 10.2. The van der Waals surface area contributed by atoms with Crippen molar-refractivity contribution >= 4 is 28.1 Å². The fourth-order valence-electron chi connectivity index (χ4n) is 2.52. The summed E-state index contributed by atoms with van der Waals surface area (Å²) < 4.78 is 37.7. The van der Waals surface area contributed by atoms with Gasteiger partial charge in [-0.05, 0) is 30.7 Å². The van der Waals surface area contributed by atoms with Gasteiger partial charge in [0, 0.05) is 23.8 Å². The van der Waals surface area contributed by atoms with Crippen LogP contribution in [0.15, 0.2) is 36.5 Å². The number of aryl methyl sites for hydroxylation is 1. The number of nitrogens with one attached hydrogen (secondary N) is 3. The van der Waals surface area contributed by atoms with Crippen LogP contribution < -0.4 is 16.4 Å². The first kappa shape index (κ1) is 17.9. The molecule has 6 nitrogen and oxygen atoms in total. The summed E-state index contributed by atoms with van der Waals surface area (Å²) in [6.07, 6.45) is -2.95. The van der Waals surface area contributed by atoms with Gasteiger partial charge in [-0.25, -0.2) is 4.98 Å². The van der Waals surface area contributed by atoms with Gasteiger partial charge in [-0.1, -0.05) is 12.1 Å². The van der Waals surface area contributed by atoms with E-state index in [1.807, 2.05) is 31.2 Å². The number of aromatic hydroxyl groups is 1. The van der Waals surface area contributed by atoms with Gasteiger partial charge in [0.2, 0.25) is 0 Å². The normalized spacial score (nSPS) is 13.0. The second-order valence-corrected chi connectivity index (χ2v) is 5.98. The van der Waals surface area contributed by atoms with E-state index >= 15 is 0 Å². The van der Waals surface area contributed by atoms with E-state index in [9.17, 15) is 18.3 Å². The van der Waals surface area contributed by atoms with Crippen LogP contribution in [-0.4, -0.2) is 33.8 Å². The molecule has 0 saturated heterocycles. The first-order valence-electron chi connectivity index (χ1n) is 7.85. The van der Waals surface area contributed by atoms with E-state index in [4.69, 9.17) is 5.73 Å². The SMILES string of the molecule is Cc1cccc(Nc2nc(NCC(N)C(F)(F)F)cc3c[nH]c(O)c23)c1. The van der Waals surface area contributed by atoms with Gasteiger partial charge in [0.15, 0.2) is 5.88 Å². The molecular formula is C17H18F3N5O. The van der Waals surface area contributed by atoms with Crippen LogP contribution in [0.3, 0.4) is 0 Å². The van der Waals surface area contributed by atoms with Crippen LogP contribution in [0, 0.1) is 6.92 Å². The first-order valence-corrected chi connectivity index (χ1v) is 7.85. The monoisotopic (exact) mass is 365 g/mol. The third-order valence-corrected chi connectivity index (χ3v) is 3.86. The van der Waals surface area contributed by atoms with Crippen LogP contribution in [0.2, 0.25) is 0 Å². The number of anilines is 3. The van der Waals surface area contributed by atoms with Gasteiger partial charge in [0.05, 0.1) is 5.39 Å². The molecular weight excluding hydrogens is 347 g/mol. The number of pyridine rings is 1. The molecule has 0 aliphatic heterocycles. The van der Waals surface area contributed by atoms with Gasteiger partial charge < -0.3 is 26.5 Å². The van der Waals surface area contributed by atoms with E-state index in [0.29, 0.717) is 16.6 Å². The number of nitrogens with two attached hydrogens (primary N) is 1. The zero-order valence-corrected chi connectivity index (χ0v) is 13.9. The summed E-state index contributed by atoms with van der Waals surface area (Å²) in [6, 6.07) is 7.03. The Bertz CT molecular complexity index is 922. The second-order valence-electron chi connectivity index (χ2n) is 5.98. The van der Waals surface area contributed by atoms with Crippen LogP contribution in [0.25, 0.3) is 10.8 Å². The lowest BCUT2D eigenvalue weighted by Gasteiger charge is -2.17. The number of nitrogens with zero attached hydrogens (tertiary/aromatic N) is 1. The van der Waals surface area contributed by atoms with Crippen molar-refractivity contribution in [3.8, 4) is 5.88 Å². The summed E-state index contributed by atoms with van der Waals surface area (Å²) in [5.41, 5.74) is 6.88. The molecule has 6 N–H and O–H groups in total. The molecule has 3 aromatic rings. The molecule has 138 valence electrons. The van der Waals surface area contributed by atoms with Crippen molar-refractivity contribution in [2.75, 3.05) is 17.2 Å². The number of benzene rings is 1. The molecule has 3 rings (SSSR count). The smallest absolute Gasteiger partial charge is 0.405 e. The Balaban J connectivity index is 1.92. The molecule has 0 radical (unpaired) electrons. The summed E-state index contributed by atoms with van der Waals surface area (Å²) in [4.78, 5) is 6.96. The Morgan fingerprint density at radius 2 is 2.08 bits per heavy atom. The average Bonchev–Trinajstić information content (AvgIpc) is 2.93. The third-order valence-electron chi connectivity index (χ3n) is 3.86. The molecule has 0 aliphatic rings. The molecule has 0 amide bonds. The van der Waals surface area contributed by atoms with Crippen LogP contribution in [-0.2, 0) is 0 Å². The predicted molar refractivity (Wildman–Crippen MR) is 94.7 cm³/mol. The fraction of sp³-hybridized carbons (Fsp3) is 0.235. The minimum Gasteiger partial charge on any atom is -0.494 e.